The predicted molar refractivity (Wildman–Crippen MR) is 101 cm³/mol. The van der Waals surface area contributed by atoms with E-state index >= 15 is 0 Å². The van der Waals surface area contributed by atoms with E-state index in [0.717, 1.165) is 35.8 Å². The van der Waals surface area contributed by atoms with Crippen LogP contribution in [0.5, 0.6) is 0 Å². The van der Waals surface area contributed by atoms with Gasteiger partial charge in [0.1, 0.15) is 0 Å². The number of benzene rings is 1. The lowest BCUT2D eigenvalue weighted by molar-refractivity contribution is 0.748. The molecule has 0 aliphatic heterocycles. The Balaban J connectivity index is 2.18. The summed E-state index contributed by atoms with van der Waals surface area (Å²) in [6, 6.07) is 6.56. The Morgan fingerprint density at radius 2 is 2.00 bits per heavy atom. The number of H-pyrrole nitrogens is 1. The van der Waals surface area contributed by atoms with Crippen molar-refractivity contribution >= 4 is 26.8 Å². The third-order valence-corrected chi connectivity index (χ3v) is 4.92. The Labute approximate surface area is 145 Å². The molecule has 0 aliphatic carbocycles. The van der Waals surface area contributed by atoms with Crippen molar-refractivity contribution in [2.45, 2.75) is 33.1 Å². The van der Waals surface area contributed by atoms with Crippen LogP contribution in [0, 0.1) is 13.8 Å². The van der Waals surface area contributed by atoms with Crippen LogP contribution in [0.15, 0.2) is 35.1 Å². The van der Waals surface area contributed by atoms with E-state index in [0.29, 0.717) is 0 Å². The third kappa shape index (κ3) is 3.19. The molecule has 2 aromatic heterocycles. The molecule has 4 heteroatoms. The fourth-order valence-electron chi connectivity index (χ4n) is 3.06. The molecule has 120 valence electrons. The normalized spacial score (nSPS) is 11.3. The van der Waals surface area contributed by atoms with Gasteiger partial charge in [0.15, 0.2) is 0 Å². The molecule has 2 heterocycles. The van der Waals surface area contributed by atoms with E-state index in [-0.39, 0.29) is 0 Å². The van der Waals surface area contributed by atoms with Crippen LogP contribution in [0.1, 0.15) is 29.5 Å². The Kier molecular flexibility index (Phi) is 4.83. The number of fused-ring (bicyclic) bond motifs is 1. The summed E-state index contributed by atoms with van der Waals surface area (Å²) in [5.74, 6) is 0. The molecule has 0 atom stereocenters. The first-order chi connectivity index (χ1) is 11.1. The molecule has 0 radical (unpaired) electrons. The van der Waals surface area contributed by atoms with Gasteiger partial charge in [0.25, 0.3) is 0 Å². The standard InChI is InChI=1S/C19H22BrN3/c1-12-6-7-17-16(5-3-4-8-21)19(23-18(17)13(12)2)14-9-15(20)11-22-10-14/h6-7,9-11,23H,3-5,8,21H2,1-2H3. The van der Waals surface area contributed by atoms with Crippen molar-refractivity contribution in [3.63, 3.8) is 0 Å². The van der Waals surface area contributed by atoms with E-state index < -0.39 is 0 Å². The zero-order valence-corrected chi connectivity index (χ0v) is 15.2. The number of nitrogens with one attached hydrogen (secondary N) is 1. The Morgan fingerprint density at radius 3 is 2.74 bits per heavy atom. The van der Waals surface area contributed by atoms with Gasteiger partial charge in [-0.1, -0.05) is 12.1 Å². The monoisotopic (exact) mass is 371 g/mol. The van der Waals surface area contributed by atoms with Gasteiger partial charge in [-0.3, -0.25) is 4.98 Å². The maximum absolute atomic E-state index is 5.67. The summed E-state index contributed by atoms with van der Waals surface area (Å²) in [6.07, 6.45) is 6.92. The number of rotatable bonds is 5. The summed E-state index contributed by atoms with van der Waals surface area (Å²) in [6.45, 7) is 5.08. The number of nitrogens with two attached hydrogens (primary N) is 1. The smallest absolute Gasteiger partial charge is 0.0513 e. The van der Waals surface area contributed by atoms with Crippen LogP contribution < -0.4 is 5.73 Å². The second-order valence-corrected chi connectivity index (χ2v) is 6.96. The van der Waals surface area contributed by atoms with Gasteiger partial charge in [0.05, 0.1) is 5.69 Å². The maximum atomic E-state index is 5.67. The molecule has 0 saturated carbocycles. The fraction of sp³-hybridized carbons (Fsp3) is 0.316. The molecule has 3 aromatic rings. The van der Waals surface area contributed by atoms with Crippen molar-refractivity contribution < 1.29 is 0 Å². The molecule has 0 saturated heterocycles. The lowest BCUT2D eigenvalue weighted by Crippen LogP contribution is -1.99. The van der Waals surface area contributed by atoms with E-state index in [1.807, 2.05) is 12.4 Å². The first-order valence-electron chi connectivity index (χ1n) is 8.03. The first kappa shape index (κ1) is 16.2. The zero-order valence-electron chi connectivity index (χ0n) is 13.6. The number of aromatic amines is 1. The van der Waals surface area contributed by atoms with Crippen molar-refractivity contribution in [2.24, 2.45) is 5.73 Å². The van der Waals surface area contributed by atoms with Gasteiger partial charge in [-0.05, 0) is 78.3 Å². The van der Waals surface area contributed by atoms with Gasteiger partial charge < -0.3 is 10.7 Å². The molecule has 0 fully saturated rings. The molecule has 3 N–H and O–H groups in total. The number of aromatic nitrogens is 2. The molecule has 0 unspecified atom stereocenters. The Morgan fingerprint density at radius 1 is 1.17 bits per heavy atom. The SMILES string of the molecule is Cc1ccc2c(CCCCN)c(-c3cncc(Br)c3)[nH]c2c1C. The molecule has 0 amide bonds. The largest absolute Gasteiger partial charge is 0.354 e. The summed E-state index contributed by atoms with van der Waals surface area (Å²) in [4.78, 5) is 7.97. The maximum Gasteiger partial charge on any atom is 0.0513 e. The molecule has 0 bridgehead atoms. The lowest BCUT2D eigenvalue weighted by atomic mass is 9.99. The second kappa shape index (κ2) is 6.85. The highest BCUT2D eigenvalue weighted by Gasteiger charge is 2.15. The van der Waals surface area contributed by atoms with Gasteiger partial charge >= 0.3 is 0 Å². The highest BCUT2D eigenvalue weighted by atomic mass is 79.9. The minimum atomic E-state index is 0.744. The lowest BCUT2D eigenvalue weighted by Gasteiger charge is -2.05. The molecular weight excluding hydrogens is 350 g/mol. The van der Waals surface area contributed by atoms with Gasteiger partial charge in [-0.2, -0.15) is 0 Å². The minimum Gasteiger partial charge on any atom is -0.354 e. The van der Waals surface area contributed by atoms with Crippen LogP contribution in [0.4, 0.5) is 0 Å². The Bertz CT molecular complexity index is 836. The van der Waals surface area contributed by atoms with Gasteiger partial charge in [-0.25, -0.2) is 0 Å². The van der Waals surface area contributed by atoms with E-state index in [4.69, 9.17) is 5.73 Å². The van der Waals surface area contributed by atoms with E-state index in [2.05, 4.69) is 57.9 Å². The molecular formula is C19H22BrN3. The van der Waals surface area contributed by atoms with Gasteiger partial charge in [0.2, 0.25) is 0 Å². The van der Waals surface area contributed by atoms with Crippen LogP contribution in [-0.2, 0) is 6.42 Å². The minimum absolute atomic E-state index is 0.744. The van der Waals surface area contributed by atoms with Crippen LogP contribution in [-0.4, -0.2) is 16.5 Å². The highest BCUT2D eigenvalue weighted by Crippen LogP contribution is 2.34. The fourth-order valence-corrected chi connectivity index (χ4v) is 3.43. The number of aryl methyl sites for hydroxylation is 3. The van der Waals surface area contributed by atoms with E-state index in [1.165, 1.54) is 33.3 Å². The number of hydrogen-bond acceptors (Lipinski definition) is 2. The molecule has 3 nitrogen and oxygen atoms in total. The Hall–Kier alpha value is -1.65. The molecule has 0 spiro atoms. The van der Waals surface area contributed by atoms with Crippen LogP contribution >= 0.6 is 15.9 Å². The second-order valence-electron chi connectivity index (χ2n) is 6.05. The summed E-state index contributed by atoms with van der Waals surface area (Å²) >= 11 is 3.52. The molecule has 23 heavy (non-hydrogen) atoms. The number of halogens is 1. The summed E-state index contributed by atoms with van der Waals surface area (Å²) in [5, 5.41) is 1.32. The van der Waals surface area contributed by atoms with Crippen molar-refractivity contribution in [3.05, 3.63) is 51.8 Å². The summed E-state index contributed by atoms with van der Waals surface area (Å²) in [7, 11) is 0. The predicted octanol–water partition coefficient (Wildman–Crippen LogP) is 4.89. The van der Waals surface area contributed by atoms with Crippen molar-refractivity contribution in [2.75, 3.05) is 6.54 Å². The summed E-state index contributed by atoms with van der Waals surface area (Å²) < 4.78 is 0.995. The highest BCUT2D eigenvalue weighted by molar-refractivity contribution is 9.10. The average molecular weight is 372 g/mol. The van der Waals surface area contributed by atoms with Gasteiger partial charge in [0, 0.05) is 33.3 Å². The zero-order chi connectivity index (χ0) is 16.4. The van der Waals surface area contributed by atoms with Crippen LogP contribution in [0.2, 0.25) is 0 Å². The number of pyridine rings is 1. The number of nitrogens with zero attached hydrogens (tertiary/aromatic N) is 1. The molecule has 1 aromatic carbocycles. The number of hydrogen-bond donors (Lipinski definition) is 2. The topological polar surface area (TPSA) is 54.7 Å². The average Bonchev–Trinajstić information content (AvgIpc) is 2.91. The quantitative estimate of drug-likeness (QED) is 0.627. The molecule has 0 aliphatic rings. The van der Waals surface area contributed by atoms with Crippen molar-refractivity contribution in [3.8, 4) is 11.3 Å². The van der Waals surface area contributed by atoms with E-state index in [1.54, 1.807) is 0 Å². The summed E-state index contributed by atoms with van der Waals surface area (Å²) in [5.41, 5.74) is 13.2. The van der Waals surface area contributed by atoms with Crippen LogP contribution in [0.25, 0.3) is 22.2 Å². The van der Waals surface area contributed by atoms with Crippen molar-refractivity contribution in [1.82, 2.24) is 9.97 Å². The first-order valence-corrected chi connectivity index (χ1v) is 8.83. The van der Waals surface area contributed by atoms with Gasteiger partial charge in [-0.15, -0.1) is 0 Å². The third-order valence-electron chi connectivity index (χ3n) is 4.49. The van der Waals surface area contributed by atoms with Crippen LogP contribution in [0.3, 0.4) is 0 Å². The van der Waals surface area contributed by atoms with E-state index in [9.17, 15) is 0 Å². The molecule has 3 rings (SSSR count). The van der Waals surface area contributed by atoms with Crippen molar-refractivity contribution in [1.29, 1.82) is 0 Å². The number of unbranched alkanes of at least 4 members (excludes halogenated alkanes) is 1.